The van der Waals surface area contributed by atoms with Gasteiger partial charge in [0, 0.05) is 5.02 Å². The van der Waals surface area contributed by atoms with Crippen LogP contribution in [0.1, 0.15) is 11.1 Å². The molecule has 3 aromatic rings. The standard InChI is InChI=1S/C24H22BrClFN3O5S/c1-34-22-12-17(11-21(25)24(22)35-15-16-3-5-18(26)6-4-16)13-28-29-23(31)14-30(36(2,32)33)20-9-7-19(27)8-10-20/h3-13H,14-15H2,1-2H3,(H,29,31)/b28-13-. The van der Waals surface area contributed by atoms with Gasteiger partial charge in [0.1, 0.15) is 19.0 Å². The molecule has 0 fully saturated rings. The first-order valence-corrected chi connectivity index (χ1v) is 13.4. The number of anilines is 1. The summed E-state index contributed by atoms with van der Waals surface area (Å²) in [7, 11) is -2.30. The van der Waals surface area contributed by atoms with E-state index in [-0.39, 0.29) is 5.69 Å². The van der Waals surface area contributed by atoms with Crippen molar-refractivity contribution in [1.82, 2.24) is 5.43 Å². The van der Waals surface area contributed by atoms with Crippen molar-refractivity contribution in [3.63, 3.8) is 0 Å². The van der Waals surface area contributed by atoms with Gasteiger partial charge in [-0.05, 0) is 75.6 Å². The predicted octanol–water partition coefficient (Wildman–Crippen LogP) is 4.75. The molecule has 8 nitrogen and oxygen atoms in total. The molecular formula is C24H22BrClFN3O5S. The first-order valence-electron chi connectivity index (χ1n) is 10.4. The fraction of sp³-hybridized carbons (Fsp3) is 0.167. The number of hydrazone groups is 1. The van der Waals surface area contributed by atoms with Gasteiger partial charge in [-0.15, -0.1) is 0 Å². The monoisotopic (exact) mass is 597 g/mol. The maximum Gasteiger partial charge on any atom is 0.260 e. The highest BCUT2D eigenvalue weighted by atomic mass is 79.9. The number of hydrogen-bond donors (Lipinski definition) is 1. The minimum Gasteiger partial charge on any atom is -0.493 e. The van der Waals surface area contributed by atoms with Crippen LogP contribution in [0.4, 0.5) is 10.1 Å². The van der Waals surface area contributed by atoms with Gasteiger partial charge < -0.3 is 9.47 Å². The maximum atomic E-state index is 13.2. The lowest BCUT2D eigenvalue weighted by Gasteiger charge is -2.21. The van der Waals surface area contributed by atoms with Gasteiger partial charge >= 0.3 is 0 Å². The van der Waals surface area contributed by atoms with E-state index in [0.717, 1.165) is 28.3 Å². The van der Waals surface area contributed by atoms with Crippen molar-refractivity contribution < 1.29 is 27.1 Å². The summed E-state index contributed by atoms with van der Waals surface area (Å²) in [4.78, 5) is 12.3. The molecule has 1 amide bonds. The number of halogens is 3. The summed E-state index contributed by atoms with van der Waals surface area (Å²) >= 11 is 9.36. The summed E-state index contributed by atoms with van der Waals surface area (Å²) in [5, 5.41) is 4.53. The average molecular weight is 599 g/mol. The summed E-state index contributed by atoms with van der Waals surface area (Å²) in [6, 6.07) is 15.4. The molecule has 36 heavy (non-hydrogen) atoms. The minimum atomic E-state index is -3.80. The quantitative estimate of drug-likeness (QED) is 0.269. The lowest BCUT2D eigenvalue weighted by molar-refractivity contribution is -0.119. The lowest BCUT2D eigenvalue weighted by Crippen LogP contribution is -2.39. The molecule has 0 aromatic heterocycles. The fourth-order valence-electron chi connectivity index (χ4n) is 3.04. The molecule has 3 rings (SSSR count). The highest BCUT2D eigenvalue weighted by molar-refractivity contribution is 9.10. The Hall–Kier alpha value is -3.15. The minimum absolute atomic E-state index is 0.154. The van der Waals surface area contributed by atoms with Crippen molar-refractivity contribution in [1.29, 1.82) is 0 Å². The number of nitrogens with zero attached hydrogens (tertiary/aromatic N) is 2. The van der Waals surface area contributed by atoms with Gasteiger partial charge in [0.15, 0.2) is 11.5 Å². The number of methoxy groups -OCH3 is 1. The Morgan fingerprint density at radius 2 is 1.83 bits per heavy atom. The molecule has 0 aliphatic rings. The van der Waals surface area contributed by atoms with E-state index in [0.29, 0.717) is 33.2 Å². The number of benzene rings is 3. The predicted molar refractivity (Wildman–Crippen MR) is 141 cm³/mol. The zero-order valence-electron chi connectivity index (χ0n) is 19.2. The third-order valence-electron chi connectivity index (χ3n) is 4.75. The van der Waals surface area contributed by atoms with Crippen molar-refractivity contribution in [2.24, 2.45) is 5.10 Å². The third kappa shape index (κ3) is 7.67. The molecule has 12 heteroatoms. The molecular weight excluding hydrogens is 577 g/mol. The van der Waals surface area contributed by atoms with E-state index in [1.165, 1.54) is 25.5 Å². The second kappa shape index (κ2) is 12.2. The van der Waals surface area contributed by atoms with Gasteiger partial charge in [-0.1, -0.05) is 23.7 Å². The lowest BCUT2D eigenvalue weighted by atomic mass is 10.2. The Labute approximate surface area is 221 Å². The van der Waals surface area contributed by atoms with E-state index in [4.69, 9.17) is 21.1 Å². The highest BCUT2D eigenvalue weighted by Gasteiger charge is 2.20. The molecule has 0 spiro atoms. The topological polar surface area (TPSA) is 97.3 Å². The Morgan fingerprint density at radius 1 is 1.17 bits per heavy atom. The van der Waals surface area contributed by atoms with Crippen molar-refractivity contribution in [2.75, 3.05) is 24.2 Å². The molecule has 0 atom stereocenters. The summed E-state index contributed by atoms with van der Waals surface area (Å²) in [6.07, 6.45) is 2.32. The second-order valence-electron chi connectivity index (χ2n) is 7.49. The molecule has 190 valence electrons. The number of rotatable bonds is 10. The van der Waals surface area contributed by atoms with E-state index < -0.39 is 28.3 Å². The van der Waals surface area contributed by atoms with Crippen LogP contribution >= 0.6 is 27.5 Å². The molecule has 0 heterocycles. The van der Waals surface area contributed by atoms with E-state index in [9.17, 15) is 17.6 Å². The van der Waals surface area contributed by atoms with Crippen LogP contribution in [0.25, 0.3) is 0 Å². The Kier molecular flexibility index (Phi) is 9.30. The summed E-state index contributed by atoms with van der Waals surface area (Å²) < 4.78 is 50.2. The van der Waals surface area contributed by atoms with Gasteiger partial charge in [-0.3, -0.25) is 9.10 Å². The Morgan fingerprint density at radius 3 is 2.44 bits per heavy atom. The zero-order valence-corrected chi connectivity index (χ0v) is 22.4. The van der Waals surface area contributed by atoms with Crippen molar-refractivity contribution in [2.45, 2.75) is 6.61 Å². The third-order valence-corrected chi connectivity index (χ3v) is 6.73. The molecule has 3 aromatic carbocycles. The number of nitrogens with one attached hydrogen (secondary N) is 1. The number of ether oxygens (including phenoxy) is 2. The smallest absolute Gasteiger partial charge is 0.260 e. The van der Waals surface area contributed by atoms with Crippen LogP contribution in [0.5, 0.6) is 11.5 Å². The van der Waals surface area contributed by atoms with Crippen LogP contribution in [0.3, 0.4) is 0 Å². The fourth-order valence-corrected chi connectivity index (χ4v) is 4.60. The molecule has 0 bridgehead atoms. The van der Waals surface area contributed by atoms with Gasteiger partial charge in [-0.25, -0.2) is 18.2 Å². The summed E-state index contributed by atoms with van der Waals surface area (Å²) in [5.74, 6) is -0.290. The van der Waals surface area contributed by atoms with E-state index in [2.05, 4.69) is 26.5 Å². The van der Waals surface area contributed by atoms with Gasteiger partial charge in [0.05, 0.1) is 29.7 Å². The van der Waals surface area contributed by atoms with Crippen LogP contribution in [0.15, 0.2) is 70.2 Å². The van der Waals surface area contributed by atoms with Crippen LogP contribution in [0.2, 0.25) is 5.02 Å². The number of carbonyl (C=O) groups excluding carboxylic acids is 1. The van der Waals surface area contributed by atoms with Crippen molar-refractivity contribution in [3.8, 4) is 11.5 Å². The second-order valence-corrected chi connectivity index (χ2v) is 10.7. The number of amides is 1. The Balaban J connectivity index is 1.67. The van der Waals surface area contributed by atoms with Crippen LogP contribution in [-0.2, 0) is 21.4 Å². The van der Waals surface area contributed by atoms with Gasteiger partial charge in [0.2, 0.25) is 10.0 Å². The van der Waals surface area contributed by atoms with E-state index >= 15 is 0 Å². The number of sulfonamides is 1. The van der Waals surface area contributed by atoms with Crippen molar-refractivity contribution >= 4 is 55.4 Å². The summed E-state index contributed by atoms with van der Waals surface area (Å²) in [5.41, 5.74) is 3.95. The molecule has 0 saturated carbocycles. The molecule has 0 aliphatic carbocycles. The van der Waals surface area contributed by atoms with Crippen molar-refractivity contribution in [3.05, 3.63) is 87.1 Å². The first-order chi connectivity index (χ1) is 17.1. The number of hydrogen-bond acceptors (Lipinski definition) is 6. The average Bonchev–Trinajstić information content (AvgIpc) is 2.82. The van der Waals surface area contributed by atoms with Crippen LogP contribution in [-0.4, -0.2) is 40.4 Å². The molecule has 0 radical (unpaired) electrons. The summed E-state index contributed by atoms with van der Waals surface area (Å²) in [6.45, 7) is -0.243. The highest BCUT2D eigenvalue weighted by Crippen LogP contribution is 2.37. The van der Waals surface area contributed by atoms with Gasteiger partial charge in [0.25, 0.3) is 5.91 Å². The molecule has 0 unspecified atom stereocenters. The maximum absolute atomic E-state index is 13.2. The van der Waals surface area contributed by atoms with Gasteiger partial charge in [-0.2, -0.15) is 5.10 Å². The largest absolute Gasteiger partial charge is 0.493 e. The molecule has 0 aliphatic heterocycles. The van der Waals surface area contributed by atoms with E-state index in [1.807, 2.05) is 12.1 Å². The first kappa shape index (κ1) is 27.4. The van der Waals surface area contributed by atoms with E-state index in [1.54, 1.807) is 24.3 Å². The van der Waals surface area contributed by atoms with Crippen LogP contribution < -0.4 is 19.2 Å². The molecule has 1 N–H and O–H groups in total. The normalized spacial score (nSPS) is 11.4. The van der Waals surface area contributed by atoms with Crippen LogP contribution in [0, 0.1) is 5.82 Å². The zero-order chi connectivity index (χ0) is 26.3. The SMILES string of the molecule is COc1cc(/C=N\NC(=O)CN(c2ccc(F)cc2)S(C)(=O)=O)cc(Br)c1OCc1ccc(Cl)cc1. The molecule has 0 saturated heterocycles. The Bertz CT molecular complexity index is 1350. The number of carbonyl (C=O) groups is 1.